The van der Waals surface area contributed by atoms with Gasteiger partial charge in [0.05, 0.1) is 10.6 Å². The fourth-order valence-electron chi connectivity index (χ4n) is 1.37. The lowest BCUT2D eigenvalue weighted by Crippen LogP contribution is -2.13. The van der Waals surface area contributed by atoms with Gasteiger partial charge in [-0.3, -0.25) is 14.4 Å². The number of aromatic nitrogens is 2. The molecule has 0 fully saturated rings. The third-order valence-electron chi connectivity index (χ3n) is 2.13. The first-order chi connectivity index (χ1) is 7.88. The highest BCUT2D eigenvalue weighted by Crippen LogP contribution is 2.12. The summed E-state index contributed by atoms with van der Waals surface area (Å²) in [5.74, 6) is 0.203. The van der Waals surface area contributed by atoms with Crippen LogP contribution in [0.3, 0.4) is 0 Å². The summed E-state index contributed by atoms with van der Waals surface area (Å²) in [6, 6.07) is 6.33. The van der Waals surface area contributed by atoms with Crippen molar-refractivity contribution < 1.29 is 13.0 Å². The van der Waals surface area contributed by atoms with Gasteiger partial charge in [-0.1, -0.05) is 0 Å². The average Bonchev–Trinajstić information content (AvgIpc) is 2.57. The molecule has 0 aliphatic heterocycles. The van der Waals surface area contributed by atoms with Crippen molar-refractivity contribution in [1.82, 2.24) is 9.78 Å². The number of H-pyrrole nitrogens is 1. The van der Waals surface area contributed by atoms with E-state index in [0.717, 1.165) is 4.68 Å². The highest BCUT2D eigenvalue weighted by Gasteiger charge is 2.09. The van der Waals surface area contributed by atoms with Gasteiger partial charge in [-0.15, -0.1) is 0 Å². The van der Waals surface area contributed by atoms with Crippen LogP contribution in [0.4, 0.5) is 5.82 Å². The van der Waals surface area contributed by atoms with E-state index in [1.807, 2.05) is 0 Å². The molecule has 7 nitrogen and oxygen atoms in total. The summed E-state index contributed by atoms with van der Waals surface area (Å²) < 4.78 is 31.6. The third kappa shape index (κ3) is 2.22. The number of hydrogen-bond acceptors (Lipinski definition) is 4. The largest absolute Gasteiger partial charge is 0.384 e. The SMILES string of the molecule is Nc1cc(=O)n(-c2ccc(S(=O)(=O)O)cc2)[nH]1. The number of aromatic amines is 1. The van der Waals surface area contributed by atoms with Crippen molar-refractivity contribution >= 4 is 15.9 Å². The zero-order valence-electron chi connectivity index (χ0n) is 8.49. The minimum absolute atomic E-state index is 0.203. The first-order valence-electron chi connectivity index (χ1n) is 4.53. The van der Waals surface area contributed by atoms with Crippen LogP contribution in [0.5, 0.6) is 0 Å². The smallest absolute Gasteiger partial charge is 0.294 e. The van der Waals surface area contributed by atoms with E-state index in [4.69, 9.17) is 10.3 Å². The molecule has 0 aliphatic rings. The van der Waals surface area contributed by atoms with Gasteiger partial charge in [-0.05, 0) is 24.3 Å². The molecule has 0 aliphatic carbocycles. The normalized spacial score (nSPS) is 11.6. The van der Waals surface area contributed by atoms with Gasteiger partial charge in [0, 0.05) is 6.07 Å². The minimum Gasteiger partial charge on any atom is -0.384 e. The summed E-state index contributed by atoms with van der Waals surface area (Å²) >= 11 is 0. The van der Waals surface area contributed by atoms with Crippen molar-refractivity contribution in [3.8, 4) is 5.69 Å². The quantitative estimate of drug-likeness (QED) is 0.652. The van der Waals surface area contributed by atoms with Crippen LogP contribution in [-0.2, 0) is 10.1 Å². The van der Waals surface area contributed by atoms with Crippen LogP contribution in [0.1, 0.15) is 0 Å². The summed E-state index contributed by atoms with van der Waals surface area (Å²) in [6.07, 6.45) is 0. The number of nitrogens with zero attached hydrogens (tertiary/aromatic N) is 1. The Morgan fingerprint density at radius 2 is 1.82 bits per heavy atom. The molecule has 1 aromatic heterocycles. The Hall–Kier alpha value is -2.06. The molecule has 4 N–H and O–H groups in total. The molecule has 0 radical (unpaired) electrons. The van der Waals surface area contributed by atoms with Crippen molar-refractivity contribution in [2.75, 3.05) is 5.73 Å². The molecule has 0 amide bonds. The topological polar surface area (TPSA) is 118 Å². The summed E-state index contributed by atoms with van der Waals surface area (Å²) in [7, 11) is -4.23. The summed E-state index contributed by atoms with van der Waals surface area (Å²) in [5.41, 5.74) is 5.46. The molecule has 1 heterocycles. The van der Waals surface area contributed by atoms with E-state index in [-0.39, 0.29) is 16.3 Å². The first kappa shape index (κ1) is 11.4. The van der Waals surface area contributed by atoms with Gasteiger partial charge < -0.3 is 5.73 Å². The van der Waals surface area contributed by atoms with Gasteiger partial charge >= 0.3 is 0 Å². The number of nitrogens with one attached hydrogen (secondary N) is 1. The Kier molecular flexibility index (Phi) is 2.52. The predicted molar refractivity (Wildman–Crippen MR) is 60.6 cm³/mol. The molecule has 0 unspecified atom stereocenters. The first-order valence-corrected chi connectivity index (χ1v) is 5.97. The second-order valence-corrected chi connectivity index (χ2v) is 4.78. The number of nitrogens with two attached hydrogens (primary N) is 1. The lowest BCUT2D eigenvalue weighted by atomic mass is 10.3. The molecule has 2 aromatic rings. The summed E-state index contributed by atoms with van der Waals surface area (Å²) in [6.45, 7) is 0. The lowest BCUT2D eigenvalue weighted by molar-refractivity contribution is 0.483. The van der Waals surface area contributed by atoms with Crippen LogP contribution in [0, 0.1) is 0 Å². The molecule has 2 rings (SSSR count). The second-order valence-electron chi connectivity index (χ2n) is 3.35. The maximum Gasteiger partial charge on any atom is 0.294 e. The molecule has 0 bridgehead atoms. The van der Waals surface area contributed by atoms with Gasteiger partial charge in [-0.2, -0.15) is 8.42 Å². The van der Waals surface area contributed by atoms with Crippen LogP contribution in [0.25, 0.3) is 5.69 Å². The zero-order chi connectivity index (χ0) is 12.6. The van der Waals surface area contributed by atoms with E-state index in [2.05, 4.69) is 5.10 Å². The molecule has 0 spiro atoms. The molecule has 8 heteroatoms. The standard InChI is InChI=1S/C9H9N3O4S/c10-8-5-9(13)12(11-8)6-1-3-7(4-2-6)17(14,15)16/h1-5,11H,10H2,(H,14,15,16). The Labute approximate surface area is 96.2 Å². The Bertz CT molecular complexity index is 697. The minimum atomic E-state index is -4.23. The van der Waals surface area contributed by atoms with Crippen molar-refractivity contribution in [3.05, 3.63) is 40.7 Å². The molecular formula is C9H9N3O4S. The zero-order valence-corrected chi connectivity index (χ0v) is 9.31. The predicted octanol–water partition coefficient (Wildman–Crippen LogP) is -0.00550. The number of benzene rings is 1. The van der Waals surface area contributed by atoms with Gasteiger partial charge in [0.2, 0.25) is 0 Å². The van der Waals surface area contributed by atoms with E-state index < -0.39 is 10.1 Å². The van der Waals surface area contributed by atoms with E-state index in [0.29, 0.717) is 5.69 Å². The number of nitrogen functional groups attached to an aromatic ring is 1. The van der Waals surface area contributed by atoms with Gasteiger partial charge in [0.15, 0.2) is 0 Å². The van der Waals surface area contributed by atoms with E-state index in [1.54, 1.807) is 0 Å². The molecule has 90 valence electrons. The average molecular weight is 255 g/mol. The van der Waals surface area contributed by atoms with Gasteiger partial charge in [-0.25, -0.2) is 4.68 Å². The fraction of sp³-hybridized carbons (Fsp3) is 0. The van der Waals surface area contributed by atoms with Crippen molar-refractivity contribution in [2.24, 2.45) is 0 Å². The van der Waals surface area contributed by atoms with E-state index >= 15 is 0 Å². The molecular weight excluding hydrogens is 246 g/mol. The summed E-state index contributed by atoms with van der Waals surface area (Å²) in [4.78, 5) is 11.2. The van der Waals surface area contributed by atoms with Gasteiger partial charge in [0.1, 0.15) is 5.82 Å². The van der Waals surface area contributed by atoms with Gasteiger partial charge in [0.25, 0.3) is 15.7 Å². The molecule has 17 heavy (non-hydrogen) atoms. The van der Waals surface area contributed by atoms with Crippen LogP contribution in [-0.4, -0.2) is 22.8 Å². The van der Waals surface area contributed by atoms with Crippen molar-refractivity contribution in [2.45, 2.75) is 4.90 Å². The van der Waals surface area contributed by atoms with E-state index in [1.165, 1.54) is 30.3 Å². The summed E-state index contributed by atoms with van der Waals surface area (Å²) in [5, 5.41) is 2.59. The Morgan fingerprint density at radius 1 is 1.24 bits per heavy atom. The van der Waals surface area contributed by atoms with Crippen molar-refractivity contribution in [3.63, 3.8) is 0 Å². The Balaban J connectivity index is 2.50. The number of hydrogen-bond donors (Lipinski definition) is 3. The number of anilines is 1. The fourth-order valence-corrected chi connectivity index (χ4v) is 1.85. The maximum atomic E-state index is 11.4. The molecule has 0 atom stereocenters. The van der Waals surface area contributed by atoms with Crippen LogP contribution >= 0.6 is 0 Å². The molecule has 1 aromatic carbocycles. The lowest BCUT2D eigenvalue weighted by Gasteiger charge is -2.02. The maximum absolute atomic E-state index is 11.4. The Morgan fingerprint density at radius 3 is 2.24 bits per heavy atom. The van der Waals surface area contributed by atoms with Crippen LogP contribution < -0.4 is 11.3 Å². The van der Waals surface area contributed by atoms with Crippen LogP contribution in [0.15, 0.2) is 40.0 Å². The number of rotatable bonds is 2. The third-order valence-corrected chi connectivity index (χ3v) is 3.00. The van der Waals surface area contributed by atoms with E-state index in [9.17, 15) is 13.2 Å². The van der Waals surface area contributed by atoms with Crippen LogP contribution in [0.2, 0.25) is 0 Å². The monoisotopic (exact) mass is 255 g/mol. The molecule has 0 saturated carbocycles. The highest BCUT2D eigenvalue weighted by atomic mass is 32.2. The van der Waals surface area contributed by atoms with Crippen molar-refractivity contribution in [1.29, 1.82) is 0 Å². The molecule has 0 saturated heterocycles. The second kappa shape index (κ2) is 3.75. The highest BCUT2D eigenvalue weighted by molar-refractivity contribution is 7.85.